The average molecular weight is 268 g/mol. The molecule has 1 heteroatoms. The van der Waals surface area contributed by atoms with E-state index in [9.17, 15) is 0 Å². The molecule has 1 saturated carbocycles. The van der Waals surface area contributed by atoms with Gasteiger partial charge in [-0.2, -0.15) is 0 Å². The maximum Gasteiger partial charge on any atom is 0.0129 e. The molecule has 4 atom stereocenters. The zero-order valence-electron chi connectivity index (χ0n) is 14.9. The van der Waals surface area contributed by atoms with Crippen molar-refractivity contribution in [1.82, 2.24) is 5.32 Å². The third-order valence-corrected chi connectivity index (χ3v) is 7.75. The molecule has 19 heavy (non-hydrogen) atoms. The van der Waals surface area contributed by atoms with Gasteiger partial charge in [-0.25, -0.2) is 0 Å². The molecular formula is C18H37N. The predicted octanol–water partition coefficient (Wildman–Crippen LogP) is 5.11. The van der Waals surface area contributed by atoms with Gasteiger partial charge in [0.2, 0.25) is 0 Å². The maximum atomic E-state index is 3.64. The summed E-state index contributed by atoms with van der Waals surface area (Å²) < 4.78 is 0. The molecule has 0 aromatic heterocycles. The lowest BCUT2D eigenvalue weighted by atomic mass is 9.69. The molecule has 1 fully saturated rings. The molecule has 1 nitrogen and oxygen atoms in total. The first-order chi connectivity index (χ1) is 8.61. The van der Waals surface area contributed by atoms with Crippen LogP contribution in [0.5, 0.6) is 0 Å². The minimum absolute atomic E-state index is 0.457. The van der Waals surface area contributed by atoms with Crippen LogP contribution < -0.4 is 5.32 Å². The van der Waals surface area contributed by atoms with E-state index >= 15 is 0 Å². The highest BCUT2D eigenvalue weighted by Crippen LogP contribution is 2.70. The summed E-state index contributed by atoms with van der Waals surface area (Å²) >= 11 is 0. The van der Waals surface area contributed by atoms with Crippen molar-refractivity contribution in [2.24, 2.45) is 28.1 Å². The summed E-state index contributed by atoms with van der Waals surface area (Å²) in [6.07, 6.45) is 3.88. The zero-order valence-corrected chi connectivity index (χ0v) is 14.9. The van der Waals surface area contributed by atoms with E-state index in [1.807, 2.05) is 0 Å². The Morgan fingerprint density at radius 2 is 1.58 bits per heavy atom. The van der Waals surface area contributed by atoms with E-state index in [1.165, 1.54) is 19.3 Å². The van der Waals surface area contributed by atoms with Crippen molar-refractivity contribution in [2.45, 2.75) is 80.7 Å². The molecule has 0 aromatic carbocycles. The lowest BCUT2D eigenvalue weighted by molar-refractivity contribution is 0.137. The van der Waals surface area contributed by atoms with Crippen LogP contribution >= 0.6 is 0 Å². The van der Waals surface area contributed by atoms with Gasteiger partial charge in [0.05, 0.1) is 0 Å². The van der Waals surface area contributed by atoms with E-state index in [-0.39, 0.29) is 0 Å². The smallest absolute Gasteiger partial charge is 0.0129 e. The fourth-order valence-electron chi connectivity index (χ4n) is 4.31. The predicted molar refractivity (Wildman–Crippen MR) is 86.4 cm³/mol. The topological polar surface area (TPSA) is 12.0 Å². The Hall–Kier alpha value is -0.0400. The second-order valence-electron chi connectivity index (χ2n) is 8.07. The molecule has 0 aromatic rings. The van der Waals surface area contributed by atoms with Crippen LogP contribution in [0.25, 0.3) is 0 Å². The van der Waals surface area contributed by atoms with E-state index < -0.39 is 0 Å². The molecule has 0 aliphatic heterocycles. The molecule has 0 saturated heterocycles. The monoisotopic (exact) mass is 267 g/mol. The first-order valence-corrected chi connectivity index (χ1v) is 8.29. The lowest BCUT2D eigenvalue weighted by Crippen LogP contribution is -2.40. The summed E-state index contributed by atoms with van der Waals surface area (Å²) in [5.74, 6) is 1.60. The summed E-state index contributed by atoms with van der Waals surface area (Å²) in [5.41, 5.74) is 1.43. The van der Waals surface area contributed by atoms with Crippen LogP contribution in [0.4, 0.5) is 0 Å². The van der Waals surface area contributed by atoms with Gasteiger partial charge in [0.1, 0.15) is 0 Å². The number of hydrogen-bond acceptors (Lipinski definition) is 1. The minimum atomic E-state index is 0.457. The molecule has 1 aliphatic carbocycles. The molecule has 1 rings (SSSR count). The van der Waals surface area contributed by atoms with Crippen molar-refractivity contribution in [3.8, 4) is 0 Å². The highest BCUT2D eigenvalue weighted by Gasteiger charge is 2.68. The van der Waals surface area contributed by atoms with Crippen molar-refractivity contribution < 1.29 is 0 Å². The van der Waals surface area contributed by atoms with Crippen molar-refractivity contribution in [2.75, 3.05) is 7.05 Å². The fourth-order valence-corrected chi connectivity index (χ4v) is 4.31. The van der Waals surface area contributed by atoms with Crippen molar-refractivity contribution in [1.29, 1.82) is 0 Å². The quantitative estimate of drug-likeness (QED) is 0.676. The molecule has 4 unspecified atom stereocenters. The molecule has 1 aliphatic rings. The Balaban J connectivity index is 2.80. The van der Waals surface area contributed by atoms with Gasteiger partial charge in [-0.15, -0.1) is 0 Å². The van der Waals surface area contributed by atoms with Crippen molar-refractivity contribution in [3.05, 3.63) is 0 Å². The van der Waals surface area contributed by atoms with Crippen LogP contribution in [0.3, 0.4) is 0 Å². The maximum absolute atomic E-state index is 3.64. The normalized spacial score (nSPS) is 33.0. The average Bonchev–Trinajstić information content (AvgIpc) is 2.79. The van der Waals surface area contributed by atoms with Crippen LogP contribution in [-0.2, 0) is 0 Å². The van der Waals surface area contributed by atoms with Crippen LogP contribution in [0.2, 0.25) is 0 Å². The lowest BCUT2D eigenvalue weighted by Gasteiger charge is -2.38. The van der Waals surface area contributed by atoms with Gasteiger partial charge >= 0.3 is 0 Å². The first kappa shape index (κ1) is 17.0. The zero-order chi connectivity index (χ0) is 15.1. The van der Waals surface area contributed by atoms with Crippen LogP contribution in [-0.4, -0.2) is 13.1 Å². The Labute approximate surface area is 121 Å². The molecule has 0 radical (unpaired) electrons. The molecule has 1 N–H and O–H groups in total. The third-order valence-electron chi connectivity index (χ3n) is 7.75. The van der Waals surface area contributed by atoms with Gasteiger partial charge in [-0.1, -0.05) is 68.2 Å². The van der Waals surface area contributed by atoms with Crippen molar-refractivity contribution in [3.63, 3.8) is 0 Å². The van der Waals surface area contributed by atoms with Gasteiger partial charge in [0, 0.05) is 6.04 Å². The fraction of sp³-hybridized carbons (Fsp3) is 1.00. The van der Waals surface area contributed by atoms with Gasteiger partial charge in [-0.05, 0) is 41.5 Å². The first-order valence-electron chi connectivity index (χ1n) is 8.29. The summed E-state index contributed by atoms with van der Waals surface area (Å²) in [4.78, 5) is 0. The summed E-state index contributed by atoms with van der Waals surface area (Å²) in [5, 5.41) is 3.64. The van der Waals surface area contributed by atoms with E-state index in [0.29, 0.717) is 22.3 Å². The van der Waals surface area contributed by atoms with Crippen molar-refractivity contribution >= 4 is 0 Å². The highest BCUT2D eigenvalue weighted by atomic mass is 15.0. The largest absolute Gasteiger partial charge is 0.316 e. The molecule has 0 bridgehead atoms. The van der Waals surface area contributed by atoms with Crippen LogP contribution in [0.1, 0.15) is 74.7 Å². The molecule has 0 amide bonds. The van der Waals surface area contributed by atoms with Crippen LogP contribution in [0, 0.1) is 28.1 Å². The van der Waals surface area contributed by atoms with Gasteiger partial charge in [0.25, 0.3) is 0 Å². The number of rotatable bonds is 7. The molecular weight excluding hydrogens is 230 g/mol. The minimum Gasteiger partial charge on any atom is -0.316 e. The second-order valence-corrected chi connectivity index (χ2v) is 8.07. The van der Waals surface area contributed by atoms with E-state index in [2.05, 4.69) is 67.8 Å². The van der Waals surface area contributed by atoms with Gasteiger partial charge < -0.3 is 5.32 Å². The molecule has 114 valence electrons. The molecule has 0 spiro atoms. The molecule has 0 heterocycles. The summed E-state index contributed by atoms with van der Waals surface area (Å²) in [6, 6.07) is 0.643. The Kier molecular flexibility index (Phi) is 4.83. The summed E-state index contributed by atoms with van der Waals surface area (Å²) in [6.45, 7) is 19.4. The standard InChI is InChI=1S/C18H37N/c1-10-17(7,11-2)13(3)12-15(19-9)18(8)14(4)16(18,5)6/h13-15,19H,10-12H2,1-9H3. The number of nitrogens with one attached hydrogen (secondary N) is 1. The Morgan fingerprint density at radius 1 is 1.16 bits per heavy atom. The number of hydrogen-bond donors (Lipinski definition) is 1. The Bertz CT molecular complexity index is 303. The van der Waals surface area contributed by atoms with E-state index in [1.54, 1.807) is 0 Å². The van der Waals surface area contributed by atoms with Gasteiger partial charge in [0.15, 0.2) is 0 Å². The second kappa shape index (κ2) is 5.39. The summed E-state index contributed by atoms with van der Waals surface area (Å²) in [7, 11) is 2.15. The Morgan fingerprint density at radius 3 is 1.84 bits per heavy atom. The van der Waals surface area contributed by atoms with Gasteiger partial charge in [-0.3, -0.25) is 0 Å². The van der Waals surface area contributed by atoms with E-state index in [0.717, 1.165) is 11.8 Å². The SMILES string of the molecule is CCC(C)(CC)C(C)CC(NC)C1(C)C(C)C1(C)C. The third kappa shape index (κ3) is 2.48. The highest BCUT2D eigenvalue weighted by molar-refractivity contribution is 5.17. The van der Waals surface area contributed by atoms with Crippen LogP contribution in [0.15, 0.2) is 0 Å². The van der Waals surface area contributed by atoms with E-state index in [4.69, 9.17) is 0 Å².